The van der Waals surface area contributed by atoms with Crippen LogP contribution < -0.4 is 5.32 Å². The van der Waals surface area contributed by atoms with Crippen LogP contribution in [0.15, 0.2) is 65.5 Å². The van der Waals surface area contributed by atoms with Gasteiger partial charge in [-0.3, -0.25) is 4.79 Å². The number of nitrogens with zero attached hydrogens (tertiary/aromatic N) is 4. The lowest BCUT2D eigenvalue weighted by atomic mass is 10.2. The lowest BCUT2D eigenvalue weighted by Gasteiger charge is -2.05. The molecule has 26 heavy (non-hydrogen) atoms. The van der Waals surface area contributed by atoms with E-state index in [1.165, 1.54) is 6.20 Å². The number of aromatic nitrogens is 4. The van der Waals surface area contributed by atoms with Crippen molar-refractivity contribution in [1.82, 2.24) is 19.7 Å². The number of halogens is 1. The first-order valence-corrected chi connectivity index (χ1v) is 8.74. The van der Waals surface area contributed by atoms with Crippen LogP contribution in [0.3, 0.4) is 0 Å². The number of nitrogens with one attached hydrogen (secondary N) is 1. The molecule has 4 aromatic rings. The molecular weight excluding hydrogens is 394 g/mol. The molecule has 1 amide bonds. The minimum absolute atomic E-state index is 0.270. The second kappa shape index (κ2) is 6.68. The SMILES string of the molecule is Cc1ccccc1-n1cc(C(=O)Nc2ccc3cc(Br)cnc3n2)cn1. The summed E-state index contributed by atoms with van der Waals surface area (Å²) in [6, 6.07) is 13.4. The molecule has 0 spiro atoms. The predicted octanol–water partition coefficient (Wildman–Crippen LogP) is 4.14. The molecule has 0 atom stereocenters. The highest BCUT2D eigenvalue weighted by Gasteiger charge is 2.12. The van der Waals surface area contributed by atoms with Crippen LogP contribution in [-0.2, 0) is 0 Å². The quantitative estimate of drug-likeness (QED) is 0.553. The van der Waals surface area contributed by atoms with E-state index in [9.17, 15) is 4.79 Å². The van der Waals surface area contributed by atoms with Gasteiger partial charge in [0.2, 0.25) is 0 Å². The fourth-order valence-electron chi connectivity index (χ4n) is 2.63. The average Bonchev–Trinajstić information content (AvgIpc) is 3.12. The normalized spacial score (nSPS) is 10.8. The lowest BCUT2D eigenvalue weighted by molar-refractivity contribution is 0.102. The average molecular weight is 408 g/mol. The summed E-state index contributed by atoms with van der Waals surface area (Å²) in [6.45, 7) is 2.00. The van der Waals surface area contributed by atoms with Gasteiger partial charge in [0.1, 0.15) is 5.82 Å². The Morgan fingerprint density at radius 3 is 2.85 bits per heavy atom. The molecule has 7 heteroatoms. The molecule has 3 heterocycles. The fourth-order valence-corrected chi connectivity index (χ4v) is 2.98. The molecular formula is C19H14BrN5O. The third kappa shape index (κ3) is 3.21. The molecule has 0 saturated carbocycles. The van der Waals surface area contributed by atoms with Crippen LogP contribution in [0.1, 0.15) is 15.9 Å². The smallest absolute Gasteiger partial charge is 0.260 e. The summed E-state index contributed by atoms with van der Waals surface area (Å²) in [7, 11) is 0. The van der Waals surface area contributed by atoms with Crippen molar-refractivity contribution >= 4 is 38.7 Å². The number of amides is 1. The Morgan fingerprint density at radius 2 is 2.00 bits per heavy atom. The van der Waals surface area contributed by atoms with Crippen LogP contribution in [0.4, 0.5) is 5.82 Å². The van der Waals surface area contributed by atoms with Crippen LogP contribution in [0.5, 0.6) is 0 Å². The number of carbonyl (C=O) groups is 1. The second-order valence-corrected chi connectivity index (χ2v) is 6.73. The number of rotatable bonds is 3. The number of hydrogen-bond acceptors (Lipinski definition) is 4. The van der Waals surface area contributed by atoms with Gasteiger partial charge in [-0.15, -0.1) is 0 Å². The molecule has 0 fully saturated rings. The fraction of sp³-hybridized carbons (Fsp3) is 0.0526. The number of fused-ring (bicyclic) bond motifs is 1. The number of benzene rings is 1. The summed E-state index contributed by atoms with van der Waals surface area (Å²) in [6.07, 6.45) is 4.92. The third-order valence-corrected chi connectivity index (χ3v) is 4.39. The van der Waals surface area contributed by atoms with E-state index in [1.807, 2.05) is 43.3 Å². The van der Waals surface area contributed by atoms with Gasteiger partial charge in [-0.2, -0.15) is 5.10 Å². The summed E-state index contributed by atoms with van der Waals surface area (Å²) >= 11 is 3.38. The van der Waals surface area contributed by atoms with Crippen LogP contribution in [0.25, 0.3) is 16.7 Å². The Kier molecular flexibility index (Phi) is 4.22. The number of para-hydroxylation sites is 1. The number of anilines is 1. The molecule has 128 valence electrons. The molecule has 4 rings (SSSR count). The van der Waals surface area contributed by atoms with Crippen molar-refractivity contribution in [3.63, 3.8) is 0 Å². The number of hydrogen-bond donors (Lipinski definition) is 1. The van der Waals surface area contributed by atoms with Gasteiger partial charge in [-0.25, -0.2) is 14.6 Å². The van der Waals surface area contributed by atoms with E-state index in [0.29, 0.717) is 17.0 Å². The maximum atomic E-state index is 12.5. The summed E-state index contributed by atoms with van der Waals surface area (Å²) < 4.78 is 2.57. The molecule has 0 unspecified atom stereocenters. The lowest BCUT2D eigenvalue weighted by Crippen LogP contribution is -2.12. The summed E-state index contributed by atoms with van der Waals surface area (Å²) in [5, 5.41) is 7.97. The van der Waals surface area contributed by atoms with Gasteiger partial charge in [-0.1, -0.05) is 18.2 Å². The first kappa shape index (κ1) is 16.4. The highest BCUT2D eigenvalue weighted by atomic mass is 79.9. The Balaban J connectivity index is 1.57. The zero-order valence-electron chi connectivity index (χ0n) is 13.8. The molecule has 6 nitrogen and oxygen atoms in total. The number of pyridine rings is 2. The van der Waals surface area contributed by atoms with E-state index < -0.39 is 0 Å². The third-order valence-electron chi connectivity index (χ3n) is 3.96. The zero-order chi connectivity index (χ0) is 18.1. The Labute approximate surface area is 158 Å². The maximum Gasteiger partial charge on any atom is 0.260 e. The highest BCUT2D eigenvalue weighted by Crippen LogP contribution is 2.18. The molecule has 0 aliphatic carbocycles. The highest BCUT2D eigenvalue weighted by molar-refractivity contribution is 9.10. The molecule has 0 bridgehead atoms. The van der Waals surface area contributed by atoms with Crippen LogP contribution in [0, 0.1) is 6.92 Å². The number of aryl methyl sites for hydroxylation is 1. The molecule has 0 aliphatic heterocycles. The topological polar surface area (TPSA) is 72.7 Å². The molecule has 3 aromatic heterocycles. The number of carbonyl (C=O) groups excluding carboxylic acids is 1. The van der Waals surface area contributed by atoms with Crippen molar-refractivity contribution in [3.8, 4) is 5.69 Å². The first-order chi connectivity index (χ1) is 12.6. The van der Waals surface area contributed by atoms with Gasteiger partial charge in [0, 0.05) is 22.3 Å². The molecule has 0 radical (unpaired) electrons. The standard InChI is InChI=1S/C19H14BrN5O/c1-12-4-2-3-5-16(12)25-11-14(9-22-25)19(26)24-17-7-6-13-8-15(20)10-21-18(13)23-17/h2-11H,1H3,(H,21,23,24,26). The summed E-state index contributed by atoms with van der Waals surface area (Å²) in [5.74, 6) is 0.176. The minimum Gasteiger partial charge on any atom is -0.306 e. The van der Waals surface area contributed by atoms with Crippen LogP contribution in [-0.4, -0.2) is 25.7 Å². The van der Waals surface area contributed by atoms with E-state index in [0.717, 1.165) is 21.1 Å². The Hall–Kier alpha value is -3.06. The molecule has 1 N–H and O–H groups in total. The second-order valence-electron chi connectivity index (χ2n) is 5.81. The van der Waals surface area contributed by atoms with E-state index >= 15 is 0 Å². The van der Waals surface area contributed by atoms with Gasteiger partial charge in [-0.05, 0) is 52.7 Å². The van der Waals surface area contributed by atoms with Gasteiger partial charge in [0.05, 0.1) is 17.4 Å². The van der Waals surface area contributed by atoms with Crippen LogP contribution >= 0.6 is 15.9 Å². The van der Waals surface area contributed by atoms with E-state index in [4.69, 9.17) is 0 Å². The molecule has 0 aliphatic rings. The van der Waals surface area contributed by atoms with Crippen molar-refractivity contribution in [1.29, 1.82) is 0 Å². The minimum atomic E-state index is -0.270. The van der Waals surface area contributed by atoms with Crippen molar-refractivity contribution in [2.75, 3.05) is 5.32 Å². The monoisotopic (exact) mass is 407 g/mol. The van der Waals surface area contributed by atoms with Crippen molar-refractivity contribution < 1.29 is 4.79 Å². The first-order valence-electron chi connectivity index (χ1n) is 7.94. The Bertz CT molecular complexity index is 1120. The summed E-state index contributed by atoms with van der Waals surface area (Å²) in [5.41, 5.74) is 3.04. The summed E-state index contributed by atoms with van der Waals surface area (Å²) in [4.78, 5) is 21.1. The van der Waals surface area contributed by atoms with Gasteiger partial charge in [0.25, 0.3) is 5.91 Å². The van der Waals surface area contributed by atoms with Crippen molar-refractivity contribution in [2.45, 2.75) is 6.92 Å². The van der Waals surface area contributed by atoms with E-state index in [-0.39, 0.29) is 5.91 Å². The van der Waals surface area contributed by atoms with Crippen LogP contribution in [0.2, 0.25) is 0 Å². The van der Waals surface area contributed by atoms with E-state index in [1.54, 1.807) is 23.1 Å². The van der Waals surface area contributed by atoms with Crippen molar-refractivity contribution in [2.24, 2.45) is 0 Å². The van der Waals surface area contributed by atoms with E-state index in [2.05, 4.69) is 36.3 Å². The molecule has 0 saturated heterocycles. The predicted molar refractivity (Wildman–Crippen MR) is 103 cm³/mol. The van der Waals surface area contributed by atoms with Gasteiger partial charge < -0.3 is 5.32 Å². The maximum absolute atomic E-state index is 12.5. The zero-order valence-corrected chi connectivity index (χ0v) is 15.4. The Morgan fingerprint density at radius 1 is 1.15 bits per heavy atom. The van der Waals surface area contributed by atoms with Gasteiger partial charge in [0.15, 0.2) is 5.65 Å². The largest absolute Gasteiger partial charge is 0.306 e. The van der Waals surface area contributed by atoms with Crippen molar-refractivity contribution in [3.05, 3.63) is 76.7 Å². The van der Waals surface area contributed by atoms with Gasteiger partial charge >= 0.3 is 0 Å². The molecule has 1 aromatic carbocycles.